The van der Waals surface area contributed by atoms with Crippen molar-refractivity contribution >= 4 is 23.4 Å². The van der Waals surface area contributed by atoms with Crippen LogP contribution in [0.3, 0.4) is 0 Å². The highest BCUT2D eigenvalue weighted by Gasteiger charge is 2.37. The van der Waals surface area contributed by atoms with Crippen LogP contribution in [-0.4, -0.2) is 23.5 Å². The summed E-state index contributed by atoms with van der Waals surface area (Å²) in [5.41, 5.74) is 5.18. The van der Waals surface area contributed by atoms with Crippen molar-refractivity contribution in [1.82, 2.24) is 5.32 Å². The smallest absolute Gasteiger partial charge is 0.176 e. The van der Waals surface area contributed by atoms with Gasteiger partial charge in [0.1, 0.15) is 6.10 Å². The van der Waals surface area contributed by atoms with Crippen LogP contribution in [0.2, 0.25) is 0 Å². The van der Waals surface area contributed by atoms with E-state index >= 15 is 0 Å². The molecule has 0 fully saturated rings. The third kappa shape index (κ3) is 3.15. The minimum Gasteiger partial charge on any atom is -0.490 e. The first-order chi connectivity index (χ1) is 14.2. The molecule has 3 unspecified atom stereocenters. The number of fused-ring (bicyclic) bond motifs is 4. The summed E-state index contributed by atoms with van der Waals surface area (Å²) < 4.78 is 6.06. The van der Waals surface area contributed by atoms with E-state index in [0.717, 1.165) is 22.6 Å². The minimum absolute atomic E-state index is 0.00503. The third-order valence-electron chi connectivity index (χ3n) is 6.04. The number of benzene rings is 1. The van der Waals surface area contributed by atoms with Gasteiger partial charge >= 0.3 is 0 Å². The summed E-state index contributed by atoms with van der Waals surface area (Å²) in [7, 11) is 0. The van der Waals surface area contributed by atoms with Crippen molar-refractivity contribution in [1.29, 1.82) is 0 Å². The highest BCUT2D eigenvalue weighted by atomic mass is 35.5. The molecule has 0 radical (unpaired) electrons. The van der Waals surface area contributed by atoms with Crippen LogP contribution in [0, 0.1) is 11.8 Å². The van der Waals surface area contributed by atoms with Gasteiger partial charge in [-0.1, -0.05) is 85.0 Å². The molecular formula is C25H23ClN2O. The maximum Gasteiger partial charge on any atom is 0.176 e. The van der Waals surface area contributed by atoms with E-state index in [1.54, 1.807) is 0 Å². The lowest BCUT2D eigenvalue weighted by Gasteiger charge is -2.36. The molecule has 5 rings (SSSR count). The largest absolute Gasteiger partial charge is 0.490 e. The molecule has 4 aliphatic rings. The first-order valence-electron chi connectivity index (χ1n) is 9.97. The van der Waals surface area contributed by atoms with E-state index < -0.39 is 5.62 Å². The van der Waals surface area contributed by atoms with E-state index in [1.165, 1.54) is 11.1 Å². The number of nitrogens with zero attached hydrogens (tertiary/aromatic N) is 1. The minimum atomic E-state index is -0.477. The molecule has 1 aromatic carbocycles. The fourth-order valence-corrected chi connectivity index (χ4v) is 4.87. The Morgan fingerprint density at radius 1 is 1.17 bits per heavy atom. The topological polar surface area (TPSA) is 33.6 Å². The van der Waals surface area contributed by atoms with Crippen molar-refractivity contribution in [3.8, 4) is 0 Å². The number of alkyl halides is 1. The van der Waals surface area contributed by atoms with Gasteiger partial charge in [-0.05, 0) is 24.1 Å². The van der Waals surface area contributed by atoms with Crippen molar-refractivity contribution in [2.24, 2.45) is 16.8 Å². The molecule has 146 valence electrons. The lowest BCUT2D eigenvalue weighted by atomic mass is 9.78. The number of rotatable bonds is 3. The molecule has 2 heterocycles. The molecule has 2 aliphatic carbocycles. The van der Waals surface area contributed by atoms with E-state index in [9.17, 15) is 0 Å². The Morgan fingerprint density at radius 3 is 2.86 bits per heavy atom. The van der Waals surface area contributed by atoms with Crippen molar-refractivity contribution in [2.75, 3.05) is 0 Å². The van der Waals surface area contributed by atoms with E-state index in [0.29, 0.717) is 0 Å². The summed E-state index contributed by atoms with van der Waals surface area (Å²) in [6, 6.07) is 8.33. The first kappa shape index (κ1) is 18.4. The fraction of sp³-hybridized carbons (Fsp3) is 0.240. The molecule has 0 bridgehead atoms. The third-order valence-corrected chi connectivity index (χ3v) is 6.27. The van der Waals surface area contributed by atoms with Crippen LogP contribution in [0.4, 0.5) is 0 Å². The predicted octanol–water partition coefficient (Wildman–Crippen LogP) is 5.14. The van der Waals surface area contributed by atoms with Gasteiger partial charge < -0.3 is 4.74 Å². The lowest BCUT2D eigenvalue weighted by Crippen LogP contribution is -2.49. The Hall–Kier alpha value is -2.62. The quantitative estimate of drug-likeness (QED) is 0.431. The van der Waals surface area contributed by atoms with E-state index in [4.69, 9.17) is 21.3 Å². The highest BCUT2D eigenvalue weighted by Crippen LogP contribution is 2.38. The molecule has 0 spiro atoms. The summed E-state index contributed by atoms with van der Waals surface area (Å²) in [5.74, 6) is 1.30. The maximum absolute atomic E-state index is 6.51. The predicted molar refractivity (Wildman–Crippen MR) is 120 cm³/mol. The van der Waals surface area contributed by atoms with Gasteiger partial charge in [0.25, 0.3) is 0 Å². The lowest BCUT2D eigenvalue weighted by molar-refractivity contribution is 0.166. The van der Waals surface area contributed by atoms with Gasteiger partial charge in [0, 0.05) is 29.0 Å². The second-order valence-corrected chi connectivity index (χ2v) is 8.12. The SMILES string of the molecule is C=C/C(=C\C1=C(C)OC2C=CC=C[C@@H]12)[C@H]1NC(Cl)N=C2c3ccccc3C=CC21. The number of nitrogens with one attached hydrogen (secondary N) is 1. The Labute approximate surface area is 176 Å². The number of ether oxygens (including phenoxy) is 1. The molecule has 3 nitrogen and oxygen atoms in total. The number of hydrogen-bond donors (Lipinski definition) is 1. The molecule has 29 heavy (non-hydrogen) atoms. The maximum atomic E-state index is 6.51. The van der Waals surface area contributed by atoms with Crippen LogP contribution < -0.4 is 5.32 Å². The molecule has 1 N–H and O–H groups in total. The zero-order chi connectivity index (χ0) is 20.0. The zero-order valence-corrected chi connectivity index (χ0v) is 17.0. The average molecular weight is 403 g/mol. The molecule has 0 saturated heterocycles. The number of halogens is 1. The summed E-state index contributed by atoms with van der Waals surface area (Å²) in [6.45, 7) is 6.14. The van der Waals surface area contributed by atoms with Crippen molar-refractivity contribution in [3.63, 3.8) is 0 Å². The van der Waals surface area contributed by atoms with Gasteiger partial charge in [-0.25, -0.2) is 0 Å². The second kappa shape index (κ2) is 7.33. The Bertz CT molecular complexity index is 1040. The fourth-order valence-electron chi connectivity index (χ4n) is 4.63. The molecule has 0 amide bonds. The van der Waals surface area contributed by atoms with Crippen LogP contribution >= 0.6 is 11.6 Å². The molecular weight excluding hydrogens is 380 g/mol. The molecule has 4 heteroatoms. The zero-order valence-electron chi connectivity index (χ0n) is 16.3. The highest BCUT2D eigenvalue weighted by molar-refractivity contribution is 6.22. The molecule has 0 saturated carbocycles. The van der Waals surface area contributed by atoms with Gasteiger partial charge in [-0.2, -0.15) is 0 Å². The van der Waals surface area contributed by atoms with Gasteiger partial charge in [0.15, 0.2) is 5.62 Å². The van der Waals surface area contributed by atoms with E-state index in [1.807, 2.05) is 25.1 Å². The number of hydrogen-bond acceptors (Lipinski definition) is 3. The Balaban J connectivity index is 1.53. The normalized spacial score (nSPS) is 32.3. The molecule has 5 atom stereocenters. The van der Waals surface area contributed by atoms with Crippen LogP contribution in [0.1, 0.15) is 18.1 Å². The second-order valence-electron chi connectivity index (χ2n) is 7.70. The van der Waals surface area contributed by atoms with Crippen molar-refractivity contribution < 1.29 is 4.74 Å². The van der Waals surface area contributed by atoms with Gasteiger partial charge in [0.2, 0.25) is 0 Å². The van der Waals surface area contributed by atoms with Crippen molar-refractivity contribution in [3.05, 3.63) is 101 Å². The van der Waals surface area contributed by atoms with Crippen molar-refractivity contribution in [2.45, 2.75) is 24.7 Å². The summed E-state index contributed by atoms with van der Waals surface area (Å²) >= 11 is 6.51. The number of allylic oxidation sites excluding steroid dienone is 4. The van der Waals surface area contributed by atoms with Crippen LogP contribution in [0.15, 0.2) is 95.3 Å². The standard InChI is InChI=1S/C25H23ClN2O/c1-3-16(14-21-15(2)29-22-11-7-6-10-19(21)22)23-20-13-12-17-8-4-5-9-18(17)24(20)28-25(26)27-23/h3-14,19-20,22-23,25,27H,1H2,2H3/b16-14+/t19-,20?,22?,23+,25?/m0/s1. The van der Waals surface area contributed by atoms with Crippen LogP contribution in [0.5, 0.6) is 0 Å². The monoisotopic (exact) mass is 402 g/mol. The Morgan fingerprint density at radius 2 is 2.00 bits per heavy atom. The first-order valence-corrected chi connectivity index (χ1v) is 10.4. The van der Waals surface area contributed by atoms with Gasteiger partial charge in [-0.3, -0.25) is 10.3 Å². The van der Waals surface area contributed by atoms with E-state index in [-0.39, 0.29) is 24.0 Å². The van der Waals surface area contributed by atoms with Gasteiger partial charge in [0.05, 0.1) is 11.5 Å². The van der Waals surface area contributed by atoms with Crippen LogP contribution in [-0.2, 0) is 4.74 Å². The number of aliphatic imine (C=N–C) groups is 1. The molecule has 0 aromatic heterocycles. The van der Waals surface area contributed by atoms with Gasteiger partial charge in [-0.15, -0.1) is 0 Å². The average Bonchev–Trinajstić information content (AvgIpc) is 3.06. The summed E-state index contributed by atoms with van der Waals surface area (Å²) in [4.78, 5) is 4.73. The van der Waals surface area contributed by atoms with E-state index in [2.05, 4.69) is 66.6 Å². The van der Waals surface area contributed by atoms with Crippen LogP contribution in [0.25, 0.3) is 6.08 Å². The molecule has 1 aromatic rings. The molecule has 2 aliphatic heterocycles. The Kier molecular flexibility index (Phi) is 4.65. The summed E-state index contributed by atoms with van der Waals surface area (Å²) in [5, 5.41) is 3.45. The summed E-state index contributed by atoms with van der Waals surface area (Å²) in [6.07, 6.45) is 17.1.